The summed E-state index contributed by atoms with van der Waals surface area (Å²) in [7, 11) is 0. The fraction of sp³-hybridized carbons (Fsp3) is 0.387. The van der Waals surface area contributed by atoms with Crippen molar-refractivity contribution in [3.8, 4) is 11.5 Å². The van der Waals surface area contributed by atoms with Crippen molar-refractivity contribution >= 4 is 17.4 Å². The number of piperidine rings is 1. The largest absolute Gasteiger partial charge is 0.444 e. The molecule has 2 aliphatic heterocycles. The summed E-state index contributed by atoms with van der Waals surface area (Å²) >= 11 is 5.96. The van der Waals surface area contributed by atoms with Gasteiger partial charge in [-0.25, -0.2) is 11.0 Å². The van der Waals surface area contributed by atoms with E-state index in [1.165, 1.54) is 6.07 Å². The molecular formula is C31H31ClFN5O3. The first-order valence-corrected chi connectivity index (χ1v) is 14.1. The minimum atomic E-state index is -1.28. The summed E-state index contributed by atoms with van der Waals surface area (Å²) in [6.45, 7) is 11.7. The number of pyridine rings is 1. The Morgan fingerprint density at radius 3 is 2.71 bits per heavy atom. The average Bonchev–Trinajstić information content (AvgIpc) is 3.65. The molecule has 8 nitrogen and oxygen atoms in total. The Bertz CT molecular complexity index is 1560. The summed E-state index contributed by atoms with van der Waals surface area (Å²) in [6.07, 6.45) is 5.83. The highest BCUT2D eigenvalue weighted by atomic mass is 35.5. The van der Waals surface area contributed by atoms with Gasteiger partial charge in [0.25, 0.3) is 5.79 Å². The quantitative estimate of drug-likeness (QED) is 0.118. The molecule has 6 rings (SSSR count). The maximum atomic E-state index is 14.8. The van der Waals surface area contributed by atoms with E-state index < -0.39 is 11.6 Å². The average molecular weight is 576 g/mol. The standard InChI is InChI=1S/C31H31ClFN5O3/c1-30(24-7-6-22(32)15-25(24)33)40-27-5-3-4-23(28(27)41-30)19-8-12-38(13-9-19)18-26-20(16-31(35-2)10-11-31)14-21(17-36-26)29(34)37-39/h3-7,14-15,17,19,39H,8-13,16,18H2,1H3,(H2,34,37)/t30-/m0/s1. The molecule has 1 aromatic heterocycles. The lowest BCUT2D eigenvalue weighted by molar-refractivity contribution is -0.0712. The first-order valence-electron chi connectivity index (χ1n) is 13.8. The second-order valence-electron chi connectivity index (χ2n) is 11.3. The Morgan fingerprint density at radius 1 is 1.24 bits per heavy atom. The highest BCUT2D eigenvalue weighted by molar-refractivity contribution is 6.30. The molecule has 3 aliphatic rings. The number of amidine groups is 1. The first kappa shape index (κ1) is 27.3. The number of aromatic nitrogens is 1. The van der Waals surface area contributed by atoms with Crippen LogP contribution >= 0.6 is 11.6 Å². The van der Waals surface area contributed by atoms with Crippen molar-refractivity contribution in [2.75, 3.05) is 13.1 Å². The second-order valence-corrected chi connectivity index (χ2v) is 11.8. The van der Waals surface area contributed by atoms with E-state index in [0.29, 0.717) is 40.6 Å². The predicted octanol–water partition coefficient (Wildman–Crippen LogP) is 5.99. The van der Waals surface area contributed by atoms with E-state index in [0.717, 1.165) is 55.6 Å². The van der Waals surface area contributed by atoms with Crippen molar-refractivity contribution in [3.63, 3.8) is 0 Å². The highest BCUT2D eigenvalue weighted by Gasteiger charge is 2.51. The molecule has 1 saturated carbocycles. The molecule has 1 atom stereocenters. The van der Waals surface area contributed by atoms with Gasteiger partial charge in [0, 0.05) is 48.7 Å². The Labute approximate surface area is 243 Å². The van der Waals surface area contributed by atoms with Gasteiger partial charge in [0.1, 0.15) is 5.82 Å². The minimum absolute atomic E-state index is 0.00950. The van der Waals surface area contributed by atoms with Crippen LogP contribution in [0.25, 0.3) is 4.85 Å². The van der Waals surface area contributed by atoms with Crippen LogP contribution in [0.5, 0.6) is 11.5 Å². The number of hydrogen-bond acceptors (Lipinski definition) is 6. The number of oxime groups is 1. The number of rotatable bonds is 7. The maximum Gasteiger partial charge on any atom is 0.278 e. The molecule has 0 amide bonds. The predicted molar refractivity (Wildman–Crippen MR) is 153 cm³/mol. The van der Waals surface area contributed by atoms with Gasteiger partial charge >= 0.3 is 0 Å². The van der Waals surface area contributed by atoms with Crippen molar-refractivity contribution in [3.05, 3.63) is 98.9 Å². The van der Waals surface area contributed by atoms with Crippen LogP contribution in [-0.2, 0) is 18.8 Å². The lowest BCUT2D eigenvalue weighted by Crippen LogP contribution is -2.34. The Balaban J connectivity index is 1.16. The molecule has 2 fully saturated rings. The number of benzene rings is 2. The fourth-order valence-electron chi connectivity index (χ4n) is 5.91. The van der Waals surface area contributed by atoms with Crippen molar-refractivity contribution in [2.45, 2.75) is 62.8 Å². The maximum absolute atomic E-state index is 14.8. The van der Waals surface area contributed by atoms with Gasteiger partial charge in [0.05, 0.1) is 17.7 Å². The summed E-state index contributed by atoms with van der Waals surface area (Å²) in [5.41, 5.74) is 9.29. The van der Waals surface area contributed by atoms with Crippen LogP contribution in [0.15, 0.2) is 53.8 Å². The van der Waals surface area contributed by atoms with E-state index in [9.17, 15) is 4.39 Å². The number of hydrogen-bond donors (Lipinski definition) is 2. The molecule has 0 unspecified atom stereocenters. The summed E-state index contributed by atoms with van der Waals surface area (Å²) in [6, 6.07) is 12.3. The molecule has 3 N–H and O–H groups in total. The summed E-state index contributed by atoms with van der Waals surface area (Å²) < 4.78 is 27.3. The first-order chi connectivity index (χ1) is 19.7. The SMILES string of the molecule is [C-]#[N+]C1(Cc2cc(/C(N)=N/O)cnc2CN2CCC(c3cccc4c3O[C@@](C)(c3ccc(Cl)cc3F)O4)CC2)CC1. The molecule has 1 saturated heterocycles. The topological polar surface area (TPSA) is 97.6 Å². The molecule has 10 heteroatoms. The van der Waals surface area contributed by atoms with Gasteiger partial charge in [-0.1, -0.05) is 28.9 Å². The minimum Gasteiger partial charge on any atom is -0.444 e. The lowest BCUT2D eigenvalue weighted by atomic mass is 9.88. The van der Waals surface area contributed by atoms with Crippen molar-refractivity contribution in [2.24, 2.45) is 10.9 Å². The highest BCUT2D eigenvalue weighted by Crippen LogP contribution is 2.50. The number of likely N-dealkylation sites (tertiary alicyclic amines) is 1. The number of para-hydroxylation sites is 1. The van der Waals surface area contributed by atoms with Crippen LogP contribution in [0.4, 0.5) is 4.39 Å². The smallest absolute Gasteiger partial charge is 0.278 e. The third-order valence-corrected chi connectivity index (χ3v) is 8.71. The zero-order chi connectivity index (χ0) is 28.8. The van der Waals surface area contributed by atoms with E-state index >= 15 is 0 Å². The van der Waals surface area contributed by atoms with Gasteiger partial charge in [-0.3, -0.25) is 9.88 Å². The molecule has 3 aromatic rings. The van der Waals surface area contributed by atoms with Gasteiger partial charge in [-0.15, -0.1) is 0 Å². The van der Waals surface area contributed by atoms with Crippen LogP contribution < -0.4 is 15.2 Å². The van der Waals surface area contributed by atoms with Crippen molar-refractivity contribution in [1.82, 2.24) is 9.88 Å². The van der Waals surface area contributed by atoms with E-state index in [-0.39, 0.29) is 17.3 Å². The van der Waals surface area contributed by atoms with Crippen LogP contribution in [0.1, 0.15) is 66.5 Å². The number of ether oxygens (including phenoxy) is 2. The van der Waals surface area contributed by atoms with Gasteiger partial charge in [0.2, 0.25) is 5.54 Å². The van der Waals surface area contributed by atoms with Crippen LogP contribution in [0, 0.1) is 12.4 Å². The molecule has 41 heavy (non-hydrogen) atoms. The summed E-state index contributed by atoms with van der Waals surface area (Å²) in [5.74, 6) is -0.213. The van der Waals surface area contributed by atoms with Gasteiger partial charge < -0.3 is 25.3 Å². The Hall–Kier alpha value is -3.87. The third kappa shape index (κ3) is 5.30. The van der Waals surface area contributed by atoms with Gasteiger partial charge in [-0.05, 0) is 67.7 Å². The van der Waals surface area contributed by atoms with Crippen molar-refractivity contribution in [1.29, 1.82) is 0 Å². The summed E-state index contributed by atoms with van der Waals surface area (Å²) in [4.78, 5) is 10.9. The van der Waals surface area contributed by atoms with Crippen LogP contribution in [0.2, 0.25) is 5.02 Å². The number of nitrogens with zero attached hydrogens (tertiary/aromatic N) is 4. The van der Waals surface area contributed by atoms with E-state index in [1.807, 2.05) is 18.2 Å². The zero-order valence-electron chi connectivity index (χ0n) is 22.7. The van der Waals surface area contributed by atoms with Crippen LogP contribution in [-0.4, -0.2) is 39.6 Å². The van der Waals surface area contributed by atoms with Crippen molar-refractivity contribution < 1.29 is 19.1 Å². The number of fused-ring (bicyclic) bond motifs is 1. The fourth-order valence-corrected chi connectivity index (χ4v) is 6.07. The molecule has 0 radical (unpaired) electrons. The second kappa shape index (κ2) is 10.5. The number of halogens is 2. The Kier molecular flexibility index (Phi) is 7.00. The molecule has 0 spiro atoms. The van der Waals surface area contributed by atoms with E-state index in [2.05, 4.69) is 26.0 Å². The molecule has 212 valence electrons. The monoisotopic (exact) mass is 575 g/mol. The lowest BCUT2D eigenvalue weighted by Gasteiger charge is -2.33. The molecule has 3 heterocycles. The summed E-state index contributed by atoms with van der Waals surface area (Å²) in [5, 5.41) is 12.6. The third-order valence-electron chi connectivity index (χ3n) is 8.48. The normalized spacial score (nSPS) is 22.0. The Morgan fingerprint density at radius 2 is 2.02 bits per heavy atom. The molecular weight excluding hydrogens is 545 g/mol. The van der Waals surface area contributed by atoms with Crippen LogP contribution in [0.3, 0.4) is 0 Å². The van der Waals surface area contributed by atoms with E-state index in [1.54, 1.807) is 25.3 Å². The van der Waals surface area contributed by atoms with Gasteiger partial charge in [0.15, 0.2) is 17.3 Å². The van der Waals surface area contributed by atoms with Gasteiger partial charge in [-0.2, -0.15) is 0 Å². The molecule has 0 bridgehead atoms. The number of nitrogens with two attached hydrogens (primary N) is 1. The molecule has 2 aromatic carbocycles. The molecule has 1 aliphatic carbocycles. The zero-order valence-corrected chi connectivity index (χ0v) is 23.5. The van der Waals surface area contributed by atoms with E-state index in [4.69, 9.17) is 38.6 Å².